The molecule has 0 saturated heterocycles. The summed E-state index contributed by atoms with van der Waals surface area (Å²) in [7, 11) is 8.01. The molecule has 7 heteroatoms. The first kappa shape index (κ1) is 44.1. The fourth-order valence-electron chi connectivity index (χ4n) is 6.55. The van der Waals surface area contributed by atoms with E-state index in [2.05, 4.69) is 78.7 Å². The van der Waals surface area contributed by atoms with Crippen LogP contribution in [0.5, 0.6) is 0 Å². The van der Waals surface area contributed by atoms with Gasteiger partial charge in [-0.2, -0.15) is 0 Å². The Hall–Kier alpha value is -3.59. The summed E-state index contributed by atoms with van der Waals surface area (Å²) in [6.45, 7) is 4.24. The number of thioether (sulfide) groups is 3. The zero-order valence-electron chi connectivity index (χ0n) is 33.9. The van der Waals surface area contributed by atoms with Crippen LogP contribution >= 0.6 is 35.3 Å². The van der Waals surface area contributed by atoms with Crippen LogP contribution in [-0.4, -0.2) is 78.9 Å². The fourth-order valence-corrected chi connectivity index (χ4v) is 8.36. The Labute approximate surface area is 343 Å². The molecule has 0 bridgehead atoms. The maximum atomic E-state index is 14.0. The summed E-state index contributed by atoms with van der Waals surface area (Å²) in [6, 6.07) is 45.3. The van der Waals surface area contributed by atoms with Gasteiger partial charge in [-0.15, -0.1) is 35.3 Å². The van der Waals surface area contributed by atoms with Crippen molar-refractivity contribution in [3.63, 3.8) is 0 Å². The molecule has 0 fully saturated rings. The Morgan fingerprint density at radius 3 is 1.36 bits per heavy atom. The number of nitrogens with zero attached hydrogens (tertiary/aromatic N) is 2. The molecule has 0 radical (unpaired) electrons. The van der Waals surface area contributed by atoms with Crippen molar-refractivity contribution < 1.29 is 9.59 Å². The monoisotopic (exact) mass is 790 g/mol. The fraction of sp³-hybridized carbons (Fsp3) is 0.333. The molecule has 5 rings (SSSR count). The van der Waals surface area contributed by atoms with Crippen LogP contribution in [0, 0.1) is 0 Å². The molecule has 0 aliphatic rings. The van der Waals surface area contributed by atoms with Gasteiger partial charge in [-0.1, -0.05) is 110 Å². The third-order valence-electron chi connectivity index (χ3n) is 10.4. The average molecular weight is 791 g/mol. The highest BCUT2D eigenvalue weighted by Crippen LogP contribution is 2.31. The summed E-state index contributed by atoms with van der Waals surface area (Å²) in [4.78, 5) is 35.0. The lowest BCUT2D eigenvalue weighted by Crippen LogP contribution is -2.54. The van der Waals surface area contributed by atoms with Crippen molar-refractivity contribution in [2.75, 3.05) is 46.5 Å². The largest absolute Gasteiger partial charge is 0.297 e. The van der Waals surface area contributed by atoms with Gasteiger partial charge in [0.15, 0.2) is 11.6 Å². The zero-order chi connectivity index (χ0) is 39.8. The van der Waals surface area contributed by atoms with Gasteiger partial charge >= 0.3 is 0 Å². The molecule has 0 amide bonds. The maximum absolute atomic E-state index is 14.0. The predicted octanol–water partition coefficient (Wildman–Crippen LogP) is 11.4. The zero-order valence-corrected chi connectivity index (χ0v) is 36.3. The summed E-state index contributed by atoms with van der Waals surface area (Å²) in [5.41, 5.74) is 3.85. The molecule has 5 aromatic carbocycles. The van der Waals surface area contributed by atoms with Crippen LogP contribution in [-0.2, 0) is 19.3 Å². The minimum Gasteiger partial charge on any atom is -0.297 e. The number of Topliss-reactive ketones (excluding diaryl/α,β-unsaturated/α-hetero) is 2. The molecule has 1 unspecified atom stereocenters. The minimum absolute atomic E-state index is 0.161. The van der Waals surface area contributed by atoms with Gasteiger partial charge in [-0.3, -0.25) is 19.4 Å². The molecule has 0 spiro atoms. The third kappa shape index (κ3) is 12.2. The number of ketones is 2. The van der Waals surface area contributed by atoms with Crippen LogP contribution in [0.2, 0.25) is 0 Å². The highest BCUT2D eigenvalue weighted by molar-refractivity contribution is 7.99. The molecule has 4 nitrogen and oxygen atoms in total. The van der Waals surface area contributed by atoms with Crippen molar-refractivity contribution in [3.8, 4) is 0 Å². The second-order valence-electron chi connectivity index (χ2n) is 14.6. The van der Waals surface area contributed by atoms with Gasteiger partial charge in [0.05, 0.1) is 11.1 Å². The van der Waals surface area contributed by atoms with Crippen LogP contribution in [0.4, 0.5) is 0 Å². The molecule has 0 saturated carbocycles. The molecule has 1 atom stereocenters. The van der Waals surface area contributed by atoms with Crippen LogP contribution in [0.25, 0.3) is 0 Å². The lowest BCUT2D eigenvalue weighted by Gasteiger charge is -2.39. The van der Waals surface area contributed by atoms with Crippen LogP contribution < -0.4 is 0 Å². The summed E-state index contributed by atoms with van der Waals surface area (Å²) in [5.74, 6) is 1.46. The Morgan fingerprint density at radius 1 is 0.527 bits per heavy atom. The van der Waals surface area contributed by atoms with Crippen molar-refractivity contribution in [2.45, 2.75) is 71.7 Å². The highest BCUT2D eigenvalue weighted by atomic mass is 32.2. The van der Waals surface area contributed by atoms with Crippen molar-refractivity contribution in [2.24, 2.45) is 0 Å². The van der Waals surface area contributed by atoms with E-state index in [9.17, 15) is 9.59 Å². The second-order valence-corrected chi connectivity index (χ2v) is 17.5. The number of carbonyl (C=O) groups excluding carboxylic acids is 2. The number of carbonyl (C=O) groups is 2. The predicted molar refractivity (Wildman–Crippen MR) is 240 cm³/mol. The summed E-state index contributed by atoms with van der Waals surface area (Å²) >= 11 is 5.28. The van der Waals surface area contributed by atoms with E-state index in [1.165, 1.54) is 44.2 Å². The van der Waals surface area contributed by atoms with E-state index in [1.807, 2.05) is 131 Å². The highest BCUT2D eigenvalue weighted by Gasteiger charge is 2.41. The van der Waals surface area contributed by atoms with Crippen LogP contribution in [0.15, 0.2) is 148 Å². The first-order valence-electron chi connectivity index (χ1n) is 19.0. The van der Waals surface area contributed by atoms with Crippen molar-refractivity contribution in [3.05, 3.63) is 161 Å². The molecule has 0 aliphatic heterocycles. The smallest absolute Gasteiger partial charge is 0.183 e. The van der Waals surface area contributed by atoms with Gasteiger partial charge in [0.1, 0.15) is 0 Å². The number of hydrogen-bond acceptors (Lipinski definition) is 7. The molecular formula is C48H58N2O2S3. The Balaban J connectivity index is 0.000000253. The van der Waals surface area contributed by atoms with E-state index in [0.29, 0.717) is 19.3 Å². The molecular weight excluding hydrogens is 733 g/mol. The summed E-state index contributed by atoms with van der Waals surface area (Å²) in [6.07, 6.45) is 8.55. The van der Waals surface area contributed by atoms with E-state index in [1.54, 1.807) is 23.5 Å². The van der Waals surface area contributed by atoms with Gasteiger partial charge in [-0.05, 0) is 132 Å². The number of hydrogen-bond donors (Lipinski definition) is 0. The molecule has 55 heavy (non-hydrogen) atoms. The Kier molecular flexibility index (Phi) is 17.4. The SMILES string of the molecule is CCCCSc1ccc(C(=O)C(Cc2ccccc2)(Cc2ccccc2)N(C)C)cc1.CSc1ccc(CC(C)(C(=O)c2ccc(SC)cc2)N(C)C)cc1. The van der Waals surface area contributed by atoms with Gasteiger partial charge in [0.2, 0.25) is 0 Å². The molecule has 290 valence electrons. The minimum atomic E-state index is -0.653. The van der Waals surface area contributed by atoms with Crippen molar-refractivity contribution >= 4 is 46.9 Å². The molecule has 5 aromatic rings. The number of unbranched alkanes of at least 4 members (excludes halogenated alkanes) is 1. The molecule has 0 aromatic heterocycles. The summed E-state index contributed by atoms with van der Waals surface area (Å²) in [5, 5.41) is 0. The second kappa shape index (κ2) is 21.6. The topological polar surface area (TPSA) is 40.6 Å². The first-order valence-corrected chi connectivity index (χ1v) is 22.4. The standard InChI is InChI=1S/C28H33NOS.C20H25NOS2/c1-4-5-20-31-26-18-16-25(17-19-26)27(30)28(29(2)3,21-23-12-8-6-9-13-23)22-24-14-10-7-11-15-24;1-20(21(2)3,14-15-6-10-17(23-4)11-7-15)19(22)16-8-12-18(24-5)13-9-16/h6-19H,4-5,20-22H2,1-3H3;6-13H,14H2,1-5H3. The van der Waals surface area contributed by atoms with E-state index >= 15 is 0 Å². The van der Waals surface area contributed by atoms with E-state index in [0.717, 1.165) is 16.9 Å². The lowest BCUT2D eigenvalue weighted by molar-refractivity contribution is 0.0675. The summed E-state index contributed by atoms with van der Waals surface area (Å²) < 4.78 is 0. The maximum Gasteiger partial charge on any atom is 0.183 e. The third-order valence-corrected chi connectivity index (χ3v) is 13.0. The van der Waals surface area contributed by atoms with Gasteiger partial charge in [-0.25, -0.2) is 0 Å². The first-order chi connectivity index (χ1) is 26.4. The van der Waals surface area contributed by atoms with Gasteiger partial charge < -0.3 is 0 Å². The molecule has 0 aliphatic carbocycles. The van der Waals surface area contributed by atoms with E-state index in [4.69, 9.17) is 0 Å². The average Bonchev–Trinajstić information content (AvgIpc) is 3.21. The molecule has 0 N–H and O–H groups in total. The van der Waals surface area contributed by atoms with Gasteiger partial charge in [0, 0.05) is 25.8 Å². The quantitative estimate of drug-likeness (QED) is 0.0497. The molecule has 0 heterocycles. The van der Waals surface area contributed by atoms with Crippen molar-refractivity contribution in [1.29, 1.82) is 0 Å². The van der Waals surface area contributed by atoms with Crippen LogP contribution in [0.1, 0.15) is 64.1 Å². The number of likely N-dealkylation sites (N-methyl/N-ethyl adjacent to an activating group) is 2. The van der Waals surface area contributed by atoms with E-state index in [-0.39, 0.29) is 11.6 Å². The Morgan fingerprint density at radius 2 is 0.945 bits per heavy atom. The van der Waals surface area contributed by atoms with Crippen molar-refractivity contribution in [1.82, 2.24) is 9.80 Å². The number of rotatable bonds is 18. The Bertz CT molecular complexity index is 1850. The number of benzene rings is 5. The lowest BCUT2D eigenvalue weighted by atomic mass is 9.77. The van der Waals surface area contributed by atoms with Gasteiger partial charge in [0.25, 0.3) is 0 Å². The normalized spacial score (nSPS) is 12.5. The van der Waals surface area contributed by atoms with E-state index < -0.39 is 11.1 Å². The van der Waals surface area contributed by atoms with Crippen LogP contribution in [0.3, 0.4) is 0 Å².